The standard InChI is InChI=1S/C10H12BrF2NO2.ClH/c1-16-6-2-3-8(11)7(4-6)9(14)10(12,13)5-15;/h2-4,9,15H,5,14H2,1H3;1H/t9-;/m0./s1. The number of methoxy groups -OCH3 is 1. The first kappa shape index (κ1) is 16.6. The molecule has 7 heteroatoms. The monoisotopic (exact) mass is 331 g/mol. The Bertz CT molecular complexity index is 379. The third-order valence-corrected chi connectivity index (χ3v) is 2.93. The molecular formula is C10H13BrClF2NO2. The quantitative estimate of drug-likeness (QED) is 0.891. The zero-order chi connectivity index (χ0) is 12.3. The van der Waals surface area contributed by atoms with Crippen LogP contribution in [0.15, 0.2) is 22.7 Å². The lowest BCUT2D eigenvalue weighted by atomic mass is 10.0. The Morgan fingerprint density at radius 1 is 1.53 bits per heavy atom. The van der Waals surface area contributed by atoms with Gasteiger partial charge in [0, 0.05) is 4.47 Å². The summed E-state index contributed by atoms with van der Waals surface area (Å²) in [5, 5.41) is 8.57. The fourth-order valence-corrected chi connectivity index (χ4v) is 1.71. The number of nitrogens with two attached hydrogens (primary N) is 1. The molecule has 0 aliphatic heterocycles. The summed E-state index contributed by atoms with van der Waals surface area (Å²) in [4.78, 5) is 0. The molecule has 0 bridgehead atoms. The van der Waals surface area contributed by atoms with Gasteiger partial charge in [-0.15, -0.1) is 12.4 Å². The van der Waals surface area contributed by atoms with Gasteiger partial charge in [0.2, 0.25) is 0 Å². The predicted molar refractivity (Wildman–Crippen MR) is 66.9 cm³/mol. The van der Waals surface area contributed by atoms with E-state index in [1.165, 1.54) is 13.2 Å². The number of hydrogen-bond donors (Lipinski definition) is 2. The van der Waals surface area contributed by atoms with Crippen molar-refractivity contribution in [2.45, 2.75) is 12.0 Å². The number of aliphatic hydroxyl groups excluding tert-OH is 1. The van der Waals surface area contributed by atoms with E-state index in [1.54, 1.807) is 12.1 Å². The number of hydrogen-bond acceptors (Lipinski definition) is 3. The molecule has 0 amide bonds. The fourth-order valence-electron chi connectivity index (χ4n) is 1.21. The van der Waals surface area contributed by atoms with E-state index in [0.717, 1.165) is 0 Å². The minimum atomic E-state index is -3.37. The summed E-state index contributed by atoms with van der Waals surface area (Å²) < 4.78 is 31.8. The predicted octanol–water partition coefficient (Wildman–Crippen LogP) is 2.51. The third-order valence-electron chi connectivity index (χ3n) is 2.20. The van der Waals surface area contributed by atoms with Crippen LogP contribution < -0.4 is 10.5 Å². The second-order valence-corrected chi connectivity index (χ2v) is 4.14. The molecule has 1 atom stereocenters. The van der Waals surface area contributed by atoms with Crippen LogP contribution in [0.4, 0.5) is 8.78 Å². The van der Waals surface area contributed by atoms with E-state index in [2.05, 4.69) is 15.9 Å². The summed E-state index contributed by atoms with van der Waals surface area (Å²) in [6.07, 6.45) is 0. The zero-order valence-corrected chi connectivity index (χ0v) is 11.4. The molecule has 0 saturated carbocycles. The van der Waals surface area contributed by atoms with Gasteiger partial charge < -0.3 is 15.6 Å². The van der Waals surface area contributed by atoms with E-state index < -0.39 is 18.6 Å². The van der Waals surface area contributed by atoms with Gasteiger partial charge in [-0.1, -0.05) is 15.9 Å². The Kier molecular flexibility index (Phi) is 6.32. The molecule has 0 fully saturated rings. The van der Waals surface area contributed by atoms with Gasteiger partial charge in [-0.05, 0) is 23.8 Å². The van der Waals surface area contributed by atoms with Gasteiger partial charge in [0.1, 0.15) is 12.4 Å². The minimum Gasteiger partial charge on any atom is -0.497 e. The molecule has 1 aromatic carbocycles. The molecule has 98 valence electrons. The second kappa shape index (κ2) is 6.49. The van der Waals surface area contributed by atoms with E-state index in [1.807, 2.05) is 0 Å². The SMILES string of the molecule is COc1ccc(Br)c([C@H](N)C(F)(F)CO)c1.Cl. The van der Waals surface area contributed by atoms with Crippen molar-refractivity contribution in [3.05, 3.63) is 28.2 Å². The van der Waals surface area contributed by atoms with Crippen molar-refractivity contribution in [1.29, 1.82) is 0 Å². The molecule has 3 nitrogen and oxygen atoms in total. The van der Waals surface area contributed by atoms with Gasteiger partial charge in [0.25, 0.3) is 5.92 Å². The molecule has 0 unspecified atom stereocenters. The first-order chi connectivity index (χ1) is 7.42. The van der Waals surface area contributed by atoms with E-state index in [-0.39, 0.29) is 18.0 Å². The summed E-state index contributed by atoms with van der Waals surface area (Å²) in [6, 6.07) is 3.03. The second-order valence-electron chi connectivity index (χ2n) is 3.28. The van der Waals surface area contributed by atoms with E-state index in [0.29, 0.717) is 10.2 Å². The smallest absolute Gasteiger partial charge is 0.289 e. The molecule has 1 aromatic rings. The average Bonchev–Trinajstić information content (AvgIpc) is 2.29. The fraction of sp³-hybridized carbons (Fsp3) is 0.400. The van der Waals surface area contributed by atoms with Crippen molar-refractivity contribution >= 4 is 28.3 Å². The van der Waals surface area contributed by atoms with Gasteiger partial charge in [0.15, 0.2) is 0 Å². The van der Waals surface area contributed by atoms with Crippen LogP contribution in [0.25, 0.3) is 0 Å². The number of alkyl halides is 2. The highest BCUT2D eigenvalue weighted by Crippen LogP contribution is 2.34. The Morgan fingerprint density at radius 3 is 2.59 bits per heavy atom. The zero-order valence-electron chi connectivity index (χ0n) is 8.99. The van der Waals surface area contributed by atoms with Crippen LogP contribution in [0, 0.1) is 0 Å². The first-order valence-corrected chi connectivity index (χ1v) is 5.29. The van der Waals surface area contributed by atoms with Crippen LogP contribution in [0.2, 0.25) is 0 Å². The summed E-state index contributed by atoms with van der Waals surface area (Å²) >= 11 is 3.13. The Morgan fingerprint density at radius 2 is 2.12 bits per heavy atom. The van der Waals surface area contributed by atoms with E-state index in [4.69, 9.17) is 15.6 Å². The molecule has 0 aliphatic rings. The third kappa shape index (κ3) is 3.77. The molecule has 3 N–H and O–H groups in total. The highest BCUT2D eigenvalue weighted by molar-refractivity contribution is 9.10. The molecule has 1 rings (SSSR count). The Hall–Kier alpha value is -0.430. The topological polar surface area (TPSA) is 55.5 Å². The van der Waals surface area contributed by atoms with Crippen molar-refractivity contribution in [3.8, 4) is 5.75 Å². The molecule has 0 saturated heterocycles. The lowest BCUT2D eigenvalue weighted by Gasteiger charge is -2.23. The maximum absolute atomic E-state index is 13.2. The van der Waals surface area contributed by atoms with Crippen LogP contribution in [-0.2, 0) is 0 Å². The van der Waals surface area contributed by atoms with Gasteiger partial charge in [-0.25, -0.2) is 8.78 Å². The van der Waals surface area contributed by atoms with Crippen molar-refractivity contribution in [2.75, 3.05) is 13.7 Å². The summed E-state index contributed by atoms with van der Waals surface area (Å²) in [5.74, 6) is -2.93. The largest absolute Gasteiger partial charge is 0.497 e. The molecule has 0 radical (unpaired) electrons. The van der Waals surface area contributed by atoms with Crippen LogP contribution >= 0.6 is 28.3 Å². The lowest BCUT2D eigenvalue weighted by molar-refractivity contribution is -0.0713. The molecule has 0 aliphatic carbocycles. The van der Waals surface area contributed by atoms with Gasteiger partial charge in [-0.2, -0.15) is 0 Å². The highest BCUT2D eigenvalue weighted by atomic mass is 79.9. The number of rotatable bonds is 4. The van der Waals surface area contributed by atoms with Crippen LogP contribution in [0.5, 0.6) is 5.75 Å². The molecule has 17 heavy (non-hydrogen) atoms. The Balaban J connectivity index is 0.00000256. The lowest BCUT2D eigenvalue weighted by Crippen LogP contribution is -2.36. The average molecular weight is 333 g/mol. The summed E-state index contributed by atoms with van der Waals surface area (Å²) in [5.41, 5.74) is 5.61. The maximum Gasteiger partial charge on any atom is 0.289 e. The van der Waals surface area contributed by atoms with Crippen LogP contribution in [0.1, 0.15) is 11.6 Å². The van der Waals surface area contributed by atoms with Crippen LogP contribution in [0.3, 0.4) is 0 Å². The highest BCUT2D eigenvalue weighted by Gasteiger charge is 2.38. The van der Waals surface area contributed by atoms with Crippen molar-refractivity contribution in [3.63, 3.8) is 0 Å². The number of benzene rings is 1. The van der Waals surface area contributed by atoms with Gasteiger partial charge >= 0.3 is 0 Å². The summed E-state index contributed by atoms with van der Waals surface area (Å²) in [7, 11) is 1.43. The van der Waals surface area contributed by atoms with Gasteiger partial charge in [-0.3, -0.25) is 0 Å². The van der Waals surface area contributed by atoms with Crippen molar-refractivity contribution < 1.29 is 18.6 Å². The first-order valence-electron chi connectivity index (χ1n) is 4.50. The van der Waals surface area contributed by atoms with Crippen molar-refractivity contribution in [1.82, 2.24) is 0 Å². The van der Waals surface area contributed by atoms with E-state index >= 15 is 0 Å². The van der Waals surface area contributed by atoms with E-state index in [9.17, 15) is 8.78 Å². The molecular weight excluding hydrogens is 319 g/mol. The summed E-state index contributed by atoms with van der Waals surface area (Å²) in [6.45, 7) is -1.29. The van der Waals surface area contributed by atoms with Crippen LogP contribution in [-0.4, -0.2) is 24.7 Å². The van der Waals surface area contributed by atoms with Gasteiger partial charge in [0.05, 0.1) is 13.2 Å². The normalized spacial score (nSPS) is 12.8. The maximum atomic E-state index is 13.2. The minimum absolute atomic E-state index is 0. The number of aliphatic hydroxyl groups is 1. The molecule has 0 spiro atoms. The number of halogens is 4. The molecule has 0 heterocycles. The molecule has 0 aromatic heterocycles. The Labute approximate surface area is 112 Å². The van der Waals surface area contributed by atoms with Crippen molar-refractivity contribution in [2.24, 2.45) is 5.73 Å². The number of ether oxygens (including phenoxy) is 1.